The second-order valence-corrected chi connectivity index (χ2v) is 6.08. The summed E-state index contributed by atoms with van der Waals surface area (Å²) in [6.07, 6.45) is 1.17. The molecule has 0 aromatic heterocycles. The number of carbonyl (C=O) groups is 1. The maximum absolute atomic E-state index is 12.2. The molecule has 1 saturated heterocycles. The average Bonchev–Trinajstić information content (AvgIpc) is 2.44. The lowest BCUT2D eigenvalue weighted by Gasteiger charge is -2.34. The van der Waals surface area contributed by atoms with E-state index in [1.165, 1.54) is 6.42 Å². The quantitative estimate of drug-likeness (QED) is 0.916. The summed E-state index contributed by atoms with van der Waals surface area (Å²) in [5.74, 6) is 0. The Hall–Kier alpha value is -1.07. The standard InChI is InChI=1S/C15H22BrN3O/c1-3-6-18-7-9-19(10-8-18)15(20)17-13-5-4-12(2)14(16)11-13/h4-5,11H,3,6-10H2,1-2H3,(H,17,20). The van der Waals surface area contributed by atoms with E-state index in [0.29, 0.717) is 0 Å². The molecule has 1 aliphatic heterocycles. The summed E-state index contributed by atoms with van der Waals surface area (Å²) in [7, 11) is 0. The number of nitrogens with zero attached hydrogens (tertiary/aromatic N) is 2. The van der Waals surface area contributed by atoms with Crippen molar-refractivity contribution in [3.63, 3.8) is 0 Å². The van der Waals surface area contributed by atoms with Crippen LogP contribution >= 0.6 is 15.9 Å². The molecule has 4 nitrogen and oxygen atoms in total. The molecular weight excluding hydrogens is 318 g/mol. The molecule has 1 aromatic rings. The third-order valence-electron chi connectivity index (χ3n) is 3.62. The zero-order valence-corrected chi connectivity index (χ0v) is 13.7. The minimum absolute atomic E-state index is 0.00287. The largest absolute Gasteiger partial charge is 0.322 e. The van der Waals surface area contributed by atoms with Gasteiger partial charge in [0.15, 0.2) is 0 Å². The zero-order chi connectivity index (χ0) is 14.5. The first-order chi connectivity index (χ1) is 9.60. The van der Waals surface area contributed by atoms with E-state index in [9.17, 15) is 4.79 Å². The Morgan fingerprint density at radius 2 is 2.00 bits per heavy atom. The first-order valence-electron chi connectivity index (χ1n) is 7.14. The average molecular weight is 340 g/mol. The van der Waals surface area contributed by atoms with Crippen molar-refractivity contribution in [1.82, 2.24) is 9.80 Å². The van der Waals surface area contributed by atoms with Crippen molar-refractivity contribution in [3.8, 4) is 0 Å². The molecule has 2 rings (SSSR count). The molecule has 2 amide bonds. The fraction of sp³-hybridized carbons (Fsp3) is 0.533. The first-order valence-corrected chi connectivity index (χ1v) is 7.94. The summed E-state index contributed by atoms with van der Waals surface area (Å²) >= 11 is 3.49. The van der Waals surface area contributed by atoms with Crippen molar-refractivity contribution in [2.75, 3.05) is 38.0 Å². The van der Waals surface area contributed by atoms with Gasteiger partial charge >= 0.3 is 6.03 Å². The van der Waals surface area contributed by atoms with Gasteiger partial charge in [-0.1, -0.05) is 28.9 Å². The molecule has 1 fully saturated rings. The fourth-order valence-corrected chi connectivity index (χ4v) is 2.74. The number of nitrogens with one attached hydrogen (secondary N) is 1. The Kier molecular flexibility index (Phi) is 5.43. The molecule has 0 atom stereocenters. The Bertz CT molecular complexity index is 470. The van der Waals surface area contributed by atoms with Crippen LogP contribution in [-0.2, 0) is 0 Å². The normalized spacial score (nSPS) is 16.2. The number of halogens is 1. The molecule has 1 N–H and O–H groups in total. The SMILES string of the molecule is CCCN1CCN(C(=O)Nc2ccc(C)c(Br)c2)CC1. The Balaban J connectivity index is 1.88. The summed E-state index contributed by atoms with van der Waals surface area (Å²) < 4.78 is 1.02. The van der Waals surface area contributed by atoms with Crippen molar-refractivity contribution in [3.05, 3.63) is 28.2 Å². The molecule has 1 heterocycles. The Labute approximate surface area is 129 Å². The summed E-state index contributed by atoms with van der Waals surface area (Å²) in [4.78, 5) is 16.5. The lowest BCUT2D eigenvalue weighted by molar-refractivity contribution is 0.147. The highest BCUT2D eigenvalue weighted by molar-refractivity contribution is 9.10. The van der Waals surface area contributed by atoms with E-state index in [1.807, 2.05) is 30.0 Å². The van der Waals surface area contributed by atoms with Gasteiger partial charge in [-0.25, -0.2) is 4.79 Å². The van der Waals surface area contributed by atoms with Crippen LogP contribution in [0.15, 0.2) is 22.7 Å². The highest BCUT2D eigenvalue weighted by Gasteiger charge is 2.20. The molecule has 110 valence electrons. The number of piperazine rings is 1. The smallest absolute Gasteiger partial charge is 0.321 e. The van der Waals surface area contributed by atoms with Crippen molar-refractivity contribution >= 4 is 27.6 Å². The van der Waals surface area contributed by atoms with Crippen LogP contribution in [-0.4, -0.2) is 48.6 Å². The predicted octanol–water partition coefficient (Wildman–Crippen LogP) is 3.32. The van der Waals surface area contributed by atoms with Gasteiger partial charge in [0.2, 0.25) is 0 Å². The monoisotopic (exact) mass is 339 g/mol. The molecule has 0 unspecified atom stereocenters. The van der Waals surface area contributed by atoms with Gasteiger partial charge in [-0.15, -0.1) is 0 Å². The van der Waals surface area contributed by atoms with E-state index in [-0.39, 0.29) is 6.03 Å². The van der Waals surface area contributed by atoms with Gasteiger partial charge in [-0.05, 0) is 37.6 Å². The number of aryl methyl sites for hydroxylation is 1. The number of urea groups is 1. The van der Waals surface area contributed by atoms with Crippen LogP contribution in [0.2, 0.25) is 0 Å². The number of rotatable bonds is 3. The van der Waals surface area contributed by atoms with Gasteiger partial charge in [0.05, 0.1) is 0 Å². The predicted molar refractivity (Wildman–Crippen MR) is 86.2 cm³/mol. The van der Waals surface area contributed by atoms with Crippen LogP contribution in [0.4, 0.5) is 10.5 Å². The first kappa shape index (κ1) is 15.3. The lowest BCUT2D eigenvalue weighted by Crippen LogP contribution is -2.50. The number of amides is 2. The van der Waals surface area contributed by atoms with E-state index in [2.05, 4.69) is 33.1 Å². The van der Waals surface area contributed by atoms with Gasteiger partial charge in [0.1, 0.15) is 0 Å². The maximum Gasteiger partial charge on any atom is 0.321 e. The number of hydrogen-bond acceptors (Lipinski definition) is 2. The van der Waals surface area contributed by atoms with Crippen LogP contribution in [0.25, 0.3) is 0 Å². The highest BCUT2D eigenvalue weighted by atomic mass is 79.9. The van der Waals surface area contributed by atoms with Gasteiger partial charge in [0, 0.05) is 36.3 Å². The fourth-order valence-electron chi connectivity index (χ4n) is 2.36. The molecule has 5 heteroatoms. The molecule has 0 bridgehead atoms. The summed E-state index contributed by atoms with van der Waals surface area (Å²) in [6, 6.07) is 5.88. The van der Waals surface area contributed by atoms with E-state index < -0.39 is 0 Å². The molecule has 0 aliphatic carbocycles. The van der Waals surface area contributed by atoms with Crippen molar-refractivity contribution in [2.24, 2.45) is 0 Å². The van der Waals surface area contributed by atoms with Crippen LogP contribution in [0.1, 0.15) is 18.9 Å². The molecule has 1 aliphatic rings. The summed E-state index contributed by atoms with van der Waals surface area (Å²) in [5, 5.41) is 2.96. The third kappa shape index (κ3) is 3.96. The number of anilines is 1. The van der Waals surface area contributed by atoms with Gasteiger partial charge in [0.25, 0.3) is 0 Å². The molecule has 0 radical (unpaired) electrons. The molecule has 20 heavy (non-hydrogen) atoms. The van der Waals surface area contributed by atoms with Gasteiger partial charge in [-0.3, -0.25) is 4.90 Å². The molecule has 0 saturated carbocycles. The zero-order valence-electron chi connectivity index (χ0n) is 12.2. The van der Waals surface area contributed by atoms with E-state index in [0.717, 1.165) is 48.4 Å². The number of carbonyl (C=O) groups excluding carboxylic acids is 1. The second-order valence-electron chi connectivity index (χ2n) is 5.22. The third-order valence-corrected chi connectivity index (χ3v) is 4.48. The van der Waals surface area contributed by atoms with E-state index >= 15 is 0 Å². The minimum Gasteiger partial charge on any atom is -0.322 e. The summed E-state index contributed by atoms with van der Waals surface area (Å²) in [6.45, 7) is 8.90. The van der Waals surface area contributed by atoms with Gasteiger partial charge < -0.3 is 10.2 Å². The Morgan fingerprint density at radius 3 is 2.60 bits per heavy atom. The topological polar surface area (TPSA) is 35.6 Å². The van der Waals surface area contributed by atoms with E-state index in [1.54, 1.807) is 0 Å². The minimum atomic E-state index is -0.00287. The lowest BCUT2D eigenvalue weighted by atomic mass is 10.2. The maximum atomic E-state index is 12.2. The van der Waals surface area contributed by atoms with Crippen molar-refractivity contribution in [1.29, 1.82) is 0 Å². The van der Waals surface area contributed by atoms with Crippen LogP contribution in [0.3, 0.4) is 0 Å². The van der Waals surface area contributed by atoms with Crippen LogP contribution in [0.5, 0.6) is 0 Å². The number of benzene rings is 1. The van der Waals surface area contributed by atoms with Crippen molar-refractivity contribution < 1.29 is 4.79 Å². The molecule has 0 spiro atoms. The van der Waals surface area contributed by atoms with Crippen LogP contribution in [0, 0.1) is 6.92 Å². The van der Waals surface area contributed by atoms with Gasteiger partial charge in [-0.2, -0.15) is 0 Å². The molecular formula is C15H22BrN3O. The highest BCUT2D eigenvalue weighted by Crippen LogP contribution is 2.21. The molecule has 1 aromatic carbocycles. The van der Waals surface area contributed by atoms with Crippen LogP contribution < -0.4 is 5.32 Å². The van der Waals surface area contributed by atoms with E-state index in [4.69, 9.17) is 0 Å². The van der Waals surface area contributed by atoms with Crippen molar-refractivity contribution in [2.45, 2.75) is 20.3 Å². The second kappa shape index (κ2) is 7.09. The summed E-state index contributed by atoms with van der Waals surface area (Å²) in [5.41, 5.74) is 2.00. The Morgan fingerprint density at radius 1 is 1.30 bits per heavy atom. The number of hydrogen-bond donors (Lipinski definition) is 1.